The maximum atomic E-state index is 12.5. The van der Waals surface area contributed by atoms with Crippen molar-refractivity contribution in [3.8, 4) is 11.5 Å². The van der Waals surface area contributed by atoms with Crippen LogP contribution in [-0.2, 0) is 11.2 Å². The average Bonchev–Trinajstić information content (AvgIpc) is 2.95. The average molecular weight is 541 g/mol. The quantitative estimate of drug-likeness (QED) is 0.142. The third-order valence-corrected chi connectivity index (χ3v) is 7.46. The molecule has 0 spiro atoms. The van der Waals surface area contributed by atoms with E-state index in [1.807, 2.05) is 18.2 Å². The zero-order chi connectivity index (χ0) is 28.0. The van der Waals surface area contributed by atoms with Gasteiger partial charge in [-0.05, 0) is 36.8 Å². The van der Waals surface area contributed by atoms with E-state index in [4.69, 9.17) is 9.47 Å². The van der Waals surface area contributed by atoms with Crippen LogP contribution in [0.4, 0.5) is 0 Å². The molecule has 0 aliphatic carbocycles. The Labute approximate surface area is 239 Å². The van der Waals surface area contributed by atoms with Crippen molar-refractivity contribution in [2.24, 2.45) is 0 Å². The molecule has 0 bridgehead atoms. The molecule has 1 aliphatic rings. The van der Waals surface area contributed by atoms with Crippen LogP contribution in [0.3, 0.4) is 0 Å². The van der Waals surface area contributed by atoms with E-state index in [0.29, 0.717) is 18.7 Å². The summed E-state index contributed by atoms with van der Waals surface area (Å²) in [6, 6.07) is 5.80. The Hall–Kier alpha value is -2.43. The molecule has 1 N–H and O–H groups in total. The van der Waals surface area contributed by atoms with Gasteiger partial charge in [0.25, 0.3) is 0 Å². The minimum absolute atomic E-state index is 0.00494. The highest BCUT2D eigenvalue weighted by atomic mass is 16.5. The molecule has 0 saturated heterocycles. The summed E-state index contributed by atoms with van der Waals surface area (Å²) in [6.45, 7) is 7.71. The molecule has 2 rings (SSSR count). The lowest BCUT2D eigenvalue weighted by Gasteiger charge is -2.22. The number of amides is 1. The van der Waals surface area contributed by atoms with E-state index in [-0.39, 0.29) is 5.91 Å². The van der Waals surface area contributed by atoms with E-state index >= 15 is 0 Å². The van der Waals surface area contributed by atoms with Crippen molar-refractivity contribution >= 4 is 5.91 Å². The lowest BCUT2D eigenvalue weighted by molar-refractivity contribution is -0.120. The topological polar surface area (TPSA) is 50.8 Å². The summed E-state index contributed by atoms with van der Waals surface area (Å²) in [5.41, 5.74) is 2.02. The molecule has 39 heavy (non-hydrogen) atoms. The molecule has 0 fully saturated rings. The minimum atomic E-state index is -0.00494. The number of methoxy groups -OCH3 is 1. The highest BCUT2D eigenvalue weighted by Crippen LogP contribution is 2.25. The number of hydrogen-bond acceptors (Lipinski definition) is 4. The standard InChI is InChI=1S/C34H56N2O3/c1-4-6-7-8-9-10-11-12-13-14-15-16-17-18-26-39-32-20-19-31(33(28-32)38-3)27-34(37)35-29-30-21-24-36(23-5-2)25-22-30/h19-22,24,28H,4-18,23,25-27,29H2,1-3H3,(H,35,37). The number of hydrogen-bond donors (Lipinski definition) is 1. The van der Waals surface area contributed by atoms with Crippen molar-refractivity contribution in [1.82, 2.24) is 10.2 Å². The molecule has 0 atom stereocenters. The second-order valence-corrected chi connectivity index (χ2v) is 11.0. The fourth-order valence-electron chi connectivity index (χ4n) is 5.03. The Kier molecular flexibility index (Phi) is 18.0. The van der Waals surface area contributed by atoms with Crippen LogP contribution >= 0.6 is 0 Å². The Balaban J connectivity index is 1.53. The SMILES string of the molecule is CCCCCCCCCCCCCCCCOc1ccc(CC(=O)NCC2=CCN(CCC)C=C2)c(OC)c1. The first kappa shape index (κ1) is 32.8. The van der Waals surface area contributed by atoms with Crippen LogP contribution in [-0.4, -0.2) is 44.2 Å². The van der Waals surface area contributed by atoms with Gasteiger partial charge >= 0.3 is 0 Å². The van der Waals surface area contributed by atoms with Crippen LogP contribution < -0.4 is 14.8 Å². The molecule has 1 amide bonds. The lowest BCUT2D eigenvalue weighted by Crippen LogP contribution is -2.29. The van der Waals surface area contributed by atoms with E-state index in [2.05, 4.69) is 42.4 Å². The summed E-state index contributed by atoms with van der Waals surface area (Å²) in [4.78, 5) is 14.8. The molecule has 0 radical (unpaired) electrons. The monoisotopic (exact) mass is 540 g/mol. The molecule has 0 aromatic heterocycles. The Bertz CT molecular complexity index is 849. The number of benzene rings is 1. The van der Waals surface area contributed by atoms with Crippen LogP contribution in [0.2, 0.25) is 0 Å². The second kappa shape index (κ2) is 21.4. The second-order valence-electron chi connectivity index (χ2n) is 11.0. The zero-order valence-corrected chi connectivity index (χ0v) is 25.3. The lowest BCUT2D eigenvalue weighted by atomic mass is 10.0. The fourth-order valence-corrected chi connectivity index (χ4v) is 5.03. The first-order chi connectivity index (χ1) is 19.2. The van der Waals surface area contributed by atoms with Gasteiger partial charge in [-0.15, -0.1) is 0 Å². The number of carbonyl (C=O) groups excluding carboxylic acids is 1. The Morgan fingerprint density at radius 3 is 2.08 bits per heavy atom. The van der Waals surface area contributed by atoms with Crippen molar-refractivity contribution in [2.45, 2.75) is 117 Å². The maximum Gasteiger partial charge on any atom is 0.224 e. The highest BCUT2D eigenvalue weighted by Gasteiger charge is 2.11. The summed E-state index contributed by atoms with van der Waals surface area (Å²) in [5.74, 6) is 1.50. The molecule has 1 heterocycles. The summed E-state index contributed by atoms with van der Waals surface area (Å²) in [7, 11) is 1.65. The normalized spacial score (nSPS) is 12.9. The van der Waals surface area contributed by atoms with Crippen LogP contribution in [0.25, 0.3) is 0 Å². The molecule has 1 aromatic carbocycles. The van der Waals surface area contributed by atoms with Crippen molar-refractivity contribution in [3.05, 3.63) is 47.7 Å². The van der Waals surface area contributed by atoms with Gasteiger partial charge in [0, 0.05) is 31.3 Å². The van der Waals surface area contributed by atoms with Gasteiger partial charge in [-0.2, -0.15) is 0 Å². The number of nitrogens with one attached hydrogen (secondary N) is 1. The summed E-state index contributed by atoms with van der Waals surface area (Å²) in [5, 5.41) is 3.03. The van der Waals surface area contributed by atoms with Crippen molar-refractivity contribution in [2.75, 3.05) is 33.4 Å². The van der Waals surface area contributed by atoms with Gasteiger partial charge in [-0.1, -0.05) is 109 Å². The van der Waals surface area contributed by atoms with Crippen molar-refractivity contribution < 1.29 is 14.3 Å². The number of carbonyl (C=O) groups is 1. The summed E-state index contributed by atoms with van der Waals surface area (Å²) >= 11 is 0. The largest absolute Gasteiger partial charge is 0.496 e. The number of ether oxygens (including phenoxy) is 2. The highest BCUT2D eigenvalue weighted by molar-refractivity contribution is 5.79. The minimum Gasteiger partial charge on any atom is -0.496 e. The summed E-state index contributed by atoms with van der Waals surface area (Å²) < 4.78 is 11.5. The van der Waals surface area contributed by atoms with Gasteiger partial charge < -0.3 is 19.7 Å². The van der Waals surface area contributed by atoms with E-state index in [1.54, 1.807) is 7.11 Å². The fraction of sp³-hybridized carbons (Fsp3) is 0.676. The van der Waals surface area contributed by atoms with Gasteiger partial charge in [-0.3, -0.25) is 4.79 Å². The molecular weight excluding hydrogens is 484 g/mol. The maximum absolute atomic E-state index is 12.5. The molecule has 220 valence electrons. The van der Waals surface area contributed by atoms with Gasteiger partial charge in [0.1, 0.15) is 11.5 Å². The van der Waals surface area contributed by atoms with E-state index in [0.717, 1.165) is 49.4 Å². The first-order valence-corrected chi connectivity index (χ1v) is 15.8. The van der Waals surface area contributed by atoms with Gasteiger partial charge in [0.05, 0.1) is 20.1 Å². The third-order valence-electron chi connectivity index (χ3n) is 7.46. The van der Waals surface area contributed by atoms with E-state index in [9.17, 15) is 4.79 Å². The first-order valence-electron chi connectivity index (χ1n) is 15.8. The van der Waals surface area contributed by atoms with Crippen molar-refractivity contribution in [1.29, 1.82) is 0 Å². The molecular formula is C34H56N2O3. The van der Waals surface area contributed by atoms with Gasteiger partial charge in [-0.25, -0.2) is 0 Å². The van der Waals surface area contributed by atoms with Crippen LogP contribution in [0.5, 0.6) is 11.5 Å². The molecule has 5 heteroatoms. The van der Waals surface area contributed by atoms with Crippen LogP contribution in [0, 0.1) is 0 Å². The molecule has 1 aromatic rings. The molecule has 1 aliphatic heterocycles. The van der Waals surface area contributed by atoms with E-state index < -0.39 is 0 Å². The predicted octanol–water partition coefficient (Wildman–Crippen LogP) is 8.38. The number of rotatable bonds is 23. The van der Waals surface area contributed by atoms with Crippen LogP contribution in [0.15, 0.2) is 42.1 Å². The van der Waals surface area contributed by atoms with E-state index in [1.165, 1.54) is 83.5 Å². The van der Waals surface area contributed by atoms with Crippen molar-refractivity contribution in [3.63, 3.8) is 0 Å². The predicted molar refractivity (Wildman–Crippen MR) is 165 cm³/mol. The molecule has 5 nitrogen and oxygen atoms in total. The molecule has 0 saturated carbocycles. The van der Waals surface area contributed by atoms with Gasteiger partial charge in [0.2, 0.25) is 5.91 Å². The number of unbranched alkanes of at least 4 members (excludes halogenated alkanes) is 13. The Morgan fingerprint density at radius 2 is 1.51 bits per heavy atom. The smallest absolute Gasteiger partial charge is 0.224 e. The number of nitrogens with zero attached hydrogens (tertiary/aromatic N) is 1. The molecule has 0 unspecified atom stereocenters. The van der Waals surface area contributed by atoms with Crippen LogP contribution in [0.1, 0.15) is 116 Å². The summed E-state index contributed by atoms with van der Waals surface area (Å²) in [6.07, 6.45) is 26.8. The van der Waals surface area contributed by atoms with Gasteiger partial charge in [0.15, 0.2) is 0 Å². The zero-order valence-electron chi connectivity index (χ0n) is 25.3. The third kappa shape index (κ3) is 15.1. The Morgan fingerprint density at radius 1 is 0.872 bits per heavy atom.